The minimum absolute atomic E-state index is 0.348. The van der Waals surface area contributed by atoms with Gasteiger partial charge in [0.15, 0.2) is 0 Å². The molecule has 0 fully saturated rings. The number of nitrogens with zero attached hydrogens (tertiary/aromatic N) is 3. The second kappa shape index (κ2) is 7.61. The van der Waals surface area contributed by atoms with Crippen molar-refractivity contribution in [3.8, 4) is 23.0 Å². The molecule has 0 amide bonds. The van der Waals surface area contributed by atoms with Gasteiger partial charge in [0.1, 0.15) is 5.69 Å². The molecule has 0 N–H and O–H groups in total. The predicted octanol–water partition coefficient (Wildman–Crippen LogP) is 2.53. The van der Waals surface area contributed by atoms with Gasteiger partial charge < -0.3 is 4.90 Å². The van der Waals surface area contributed by atoms with Crippen molar-refractivity contribution in [2.24, 2.45) is 14.1 Å². The normalized spacial score (nSPS) is 10.3. The quantitative estimate of drug-likeness (QED) is 0.649. The van der Waals surface area contributed by atoms with E-state index in [9.17, 15) is 9.59 Å². The molecule has 0 radical (unpaired) electrons. The highest BCUT2D eigenvalue weighted by Crippen LogP contribution is 2.19. The monoisotopic (exact) mass is 373 g/mol. The van der Waals surface area contributed by atoms with Gasteiger partial charge in [-0.3, -0.25) is 13.9 Å². The SMILES string of the molecule is Cc1ccc(-c2c(C#Cc3ccc(N(C)C)cc3)n(C)c(=O)n(C)c2=O)cc1. The van der Waals surface area contributed by atoms with Crippen molar-refractivity contribution in [1.82, 2.24) is 9.13 Å². The van der Waals surface area contributed by atoms with Crippen LogP contribution in [0.4, 0.5) is 5.69 Å². The summed E-state index contributed by atoms with van der Waals surface area (Å²) >= 11 is 0. The maximum Gasteiger partial charge on any atom is 0.331 e. The molecule has 0 unspecified atom stereocenters. The Balaban J connectivity index is 2.19. The number of aryl methyl sites for hydroxylation is 1. The van der Waals surface area contributed by atoms with Gasteiger partial charge in [0.05, 0.1) is 5.56 Å². The number of anilines is 1. The van der Waals surface area contributed by atoms with Crippen LogP contribution in [0.15, 0.2) is 58.1 Å². The average Bonchev–Trinajstić information content (AvgIpc) is 2.69. The molecule has 3 rings (SSSR count). The summed E-state index contributed by atoms with van der Waals surface area (Å²) in [5.74, 6) is 6.14. The summed E-state index contributed by atoms with van der Waals surface area (Å²) in [7, 11) is 7.08. The minimum Gasteiger partial charge on any atom is -0.378 e. The first-order valence-corrected chi connectivity index (χ1v) is 8.96. The first kappa shape index (κ1) is 19.2. The van der Waals surface area contributed by atoms with Crippen LogP contribution in [0.1, 0.15) is 16.8 Å². The molecule has 28 heavy (non-hydrogen) atoms. The number of benzene rings is 2. The molecule has 0 aliphatic carbocycles. The molecule has 5 heteroatoms. The minimum atomic E-state index is -0.395. The van der Waals surface area contributed by atoms with Gasteiger partial charge in [0.2, 0.25) is 0 Å². The van der Waals surface area contributed by atoms with E-state index in [0.29, 0.717) is 11.3 Å². The molecule has 3 aromatic rings. The van der Waals surface area contributed by atoms with Gasteiger partial charge in [-0.05, 0) is 42.7 Å². The van der Waals surface area contributed by atoms with Crippen LogP contribution in [0.3, 0.4) is 0 Å². The lowest BCUT2D eigenvalue weighted by atomic mass is 10.0. The van der Waals surface area contributed by atoms with Crippen molar-refractivity contribution in [2.75, 3.05) is 19.0 Å². The van der Waals surface area contributed by atoms with Gasteiger partial charge in [-0.1, -0.05) is 35.7 Å². The number of rotatable bonds is 2. The molecule has 0 aliphatic heterocycles. The lowest BCUT2D eigenvalue weighted by molar-refractivity contribution is 0.682. The van der Waals surface area contributed by atoms with Gasteiger partial charge >= 0.3 is 5.69 Å². The molecular formula is C23H23N3O2. The molecule has 0 spiro atoms. The fraction of sp³-hybridized carbons (Fsp3) is 0.217. The first-order valence-electron chi connectivity index (χ1n) is 8.96. The third-order valence-electron chi connectivity index (χ3n) is 4.71. The Hall–Kier alpha value is -3.52. The lowest BCUT2D eigenvalue weighted by Crippen LogP contribution is -2.39. The number of aromatic nitrogens is 2. The van der Waals surface area contributed by atoms with Crippen LogP contribution >= 0.6 is 0 Å². The van der Waals surface area contributed by atoms with Crippen molar-refractivity contribution in [1.29, 1.82) is 0 Å². The highest BCUT2D eigenvalue weighted by Gasteiger charge is 2.16. The topological polar surface area (TPSA) is 47.2 Å². The van der Waals surface area contributed by atoms with Gasteiger partial charge in [-0.25, -0.2) is 4.79 Å². The second-order valence-electron chi connectivity index (χ2n) is 6.99. The summed E-state index contributed by atoms with van der Waals surface area (Å²) in [6, 6.07) is 15.5. The van der Waals surface area contributed by atoms with E-state index in [1.165, 1.54) is 11.6 Å². The van der Waals surface area contributed by atoms with Crippen molar-refractivity contribution >= 4 is 5.69 Å². The molecule has 0 bridgehead atoms. The lowest BCUT2D eigenvalue weighted by Gasteiger charge is -2.12. The molecule has 142 valence electrons. The van der Waals surface area contributed by atoms with Crippen molar-refractivity contribution < 1.29 is 0 Å². The number of hydrogen-bond acceptors (Lipinski definition) is 3. The standard InChI is InChI=1S/C23H23N3O2/c1-16-6-11-18(12-7-16)21-20(25(4)23(28)26(5)22(21)27)15-10-17-8-13-19(14-9-17)24(2)3/h6-9,11-14H,1-5H3. The van der Waals surface area contributed by atoms with E-state index in [0.717, 1.165) is 26.9 Å². The molecule has 5 nitrogen and oxygen atoms in total. The van der Waals surface area contributed by atoms with Crippen LogP contribution in [0.25, 0.3) is 11.1 Å². The summed E-state index contributed by atoms with van der Waals surface area (Å²) in [6.45, 7) is 1.99. The van der Waals surface area contributed by atoms with Crippen molar-refractivity contribution in [3.63, 3.8) is 0 Å². The molecule has 1 heterocycles. The third-order valence-corrected chi connectivity index (χ3v) is 4.71. The third kappa shape index (κ3) is 3.63. The van der Waals surface area contributed by atoms with E-state index in [2.05, 4.69) is 11.8 Å². The average molecular weight is 373 g/mol. The van der Waals surface area contributed by atoms with E-state index >= 15 is 0 Å². The van der Waals surface area contributed by atoms with Gasteiger partial charge in [-0.2, -0.15) is 0 Å². The Bertz CT molecular complexity index is 1190. The van der Waals surface area contributed by atoms with E-state index in [4.69, 9.17) is 0 Å². The molecular weight excluding hydrogens is 350 g/mol. The van der Waals surface area contributed by atoms with Crippen LogP contribution in [0, 0.1) is 18.8 Å². The Labute approximate surface area is 164 Å². The maximum absolute atomic E-state index is 12.9. The largest absolute Gasteiger partial charge is 0.378 e. The van der Waals surface area contributed by atoms with E-state index in [1.54, 1.807) is 7.05 Å². The van der Waals surface area contributed by atoms with Gasteiger partial charge in [0, 0.05) is 39.4 Å². The molecule has 0 atom stereocenters. The van der Waals surface area contributed by atoms with Crippen LogP contribution in [-0.4, -0.2) is 23.2 Å². The van der Waals surface area contributed by atoms with Crippen molar-refractivity contribution in [3.05, 3.63) is 86.2 Å². The maximum atomic E-state index is 12.9. The Kier molecular flexibility index (Phi) is 5.23. The van der Waals surface area contributed by atoms with E-state index in [1.807, 2.05) is 74.4 Å². The van der Waals surface area contributed by atoms with Crippen LogP contribution in [-0.2, 0) is 14.1 Å². The Morgan fingerprint density at radius 3 is 2.00 bits per heavy atom. The molecule has 1 aromatic heterocycles. The summed E-state index contributed by atoms with van der Waals surface area (Å²) in [5, 5.41) is 0. The zero-order valence-corrected chi connectivity index (χ0v) is 16.8. The van der Waals surface area contributed by atoms with Gasteiger partial charge in [0.25, 0.3) is 5.56 Å². The van der Waals surface area contributed by atoms with Crippen LogP contribution in [0.2, 0.25) is 0 Å². The van der Waals surface area contributed by atoms with E-state index in [-0.39, 0.29) is 5.56 Å². The van der Waals surface area contributed by atoms with Crippen LogP contribution < -0.4 is 16.1 Å². The fourth-order valence-corrected chi connectivity index (χ4v) is 2.95. The summed E-state index contributed by atoms with van der Waals surface area (Å²) in [4.78, 5) is 27.3. The number of hydrogen-bond donors (Lipinski definition) is 0. The van der Waals surface area contributed by atoms with Gasteiger partial charge in [-0.15, -0.1) is 0 Å². The first-order chi connectivity index (χ1) is 13.3. The Morgan fingerprint density at radius 1 is 0.821 bits per heavy atom. The van der Waals surface area contributed by atoms with Crippen molar-refractivity contribution in [2.45, 2.75) is 6.92 Å². The fourth-order valence-electron chi connectivity index (χ4n) is 2.95. The highest BCUT2D eigenvalue weighted by molar-refractivity contribution is 5.69. The second-order valence-corrected chi connectivity index (χ2v) is 6.99. The summed E-state index contributed by atoms with van der Waals surface area (Å²) in [5.41, 5.74) is 3.83. The highest BCUT2D eigenvalue weighted by atomic mass is 16.2. The summed E-state index contributed by atoms with van der Waals surface area (Å²) in [6.07, 6.45) is 0. The smallest absolute Gasteiger partial charge is 0.331 e. The zero-order chi connectivity index (χ0) is 20.4. The zero-order valence-electron chi connectivity index (χ0n) is 16.8. The van der Waals surface area contributed by atoms with E-state index < -0.39 is 5.69 Å². The molecule has 0 aliphatic rings. The molecule has 0 saturated carbocycles. The predicted molar refractivity (Wildman–Crippen MR) is 114 cm³/mol. The summed E-state index contributed by atoms with van der Waals surface area (Å²) < 4.78 is 2.55. The Morgan fingerprint density at radius 2 is 1.43 bits per heavy atom. The van der Waals surface area contributed by atoms with Crippen LogP contribution in [0.5, 0.6) is 0 Å². The molecule has 2 aromatic carbocycles. The molecule has 0 saturated heterocycles.